The SMILES string of the molecule is COc1cccc(NC(=O)c2ccc(Cn3cncn3)cc2)c1. The lowest BCUT2D eigenvalue weighted by molar-refractivity contribution is 0.102. The molecule has 1 heterocycles. The first-order valence-electron chi connectivity index (χ1n) is 7.11. The van der Waals surface area contributed by atoms with Crippen molar-refractivity contribution in [1.29, 1.82) is 0 Å². The molecular weight excluding hydrogens is 292 g/mol. The van der Waals surface area contributed by atoms with Crippen LogP contribution in [0, 0.1) is 0 Å². The van der Waals surface area contributed by atoms with Crippen LogP contribution in [0.25, 0.3) is 0 Å². The van der Waals surface area contributed by atoms with E-state index < -0.39 is 0 Å². The number of methoxy groups -OCH3 is 1. The van der Waals surface area contributed by atoms with Crippen molar-refractivity contribution in [2.75, 3.05) is 12.4 Å². The minimum Gasteiger partial charge on any atom is -0.497 e. The Morgan fingerprint density at radius 1 is 1.22 bits per heavy atom. The molecule has 1 aromatic heterocycles. The number of hydrogen-bond acceptors (Lipinski definition) is 4. The standard InChI is InChI=1S/C17H16N4O2/c1-23-16-4-2-3-15(9-16)20-17(22)14-7-5-13(6-8-14)10-21-12-18-11-19-21/h2-9,11-12H,10H2,1H3,(H,20,22). The van der Waals surface area contributed by atoms with Crippen LogP contribution in [0.2, 0.25) is 0 Å². The van der Waals surface area contributed by atoms with E-state index in [9.17, 15) is 4.79 Å². The average Bonchev–Trinajstić information content (AvgIpc) is 3.08. The van der Waals surface area contributed by atoms with Crippen molar-refractivity contribution in [2.24, 2.45) is 0 Å². The smallest absolute Gasteiger partial charge is 0.255 e. The maximum atomic E-state index is 12.3. The van der Waals surface area contributed by atoms with E-state index in [1.165, 1.54) is 6.33 Å². The summed E-state index contributed by atoms with van der Waals surface area (Å²) in [6.07, 6.45) is 3.15. The van der Waals surface area contributed by atoms with Crippen molar-refractivity contribution < 1.29 is 9.53 Å². The van der Waals surface area contributed by atoms with Crippen molar-refractivity contribution in [2.45, 2.75) is 6.54 Å². The molecule has 1 amide bonds. The number of anilines is 1. The first kappa shape index (κ1) is 14.8. The number of nitrogens with zero attached hydrogens (tertiary/aromatic N) is 3. The molecule has 0 saturated carbocycles. The van der Waals surface area contributed by atoms with E-state index in [0.29, 0.717) is 23.5 Å². The third kappa shape index (κ3) is 3.74. The van der Waals surface area contributed by atoms with E-state index in [1.54, 1.807) is 36.3 Å². The van der Waals surface area contributed by atoms with Crippen molar-refractivity contribution in [3.63, 3.8) is 0 Å². The number of rotatable bonds is 5. The van der Waals surface area contributed by atoms with Crippen LogP contribution in [0.4, 0.5) is 5.69 Å². The van der Waals surface area contributed by atoms with Gasteiger partial charge in [-0.05, 0) is 29.8 Å². The highest BCUT2D eigenvalue weighted by Crippen LogP contribution is 2.17. The molecule has 0 unspecified atom stereocenters. The number of hydrogen-bond donors (Lipinski definition) is 1. The van der Waals surface area contributed by atoms with Crippen LogP contribution in [0.5, 0.6) is 5.75 Å². The van der Waals surface area contributed by atoms with E-state index in [-0.39, 0.29) is 5.91 Å². The Hall–Kier alpha value is -3.15. The van der Waals surface area contributed by atoms with Gasteiger partial charge in [-0.3, -0.25) is 4.79 Å². The summed E-state index contributed by atoms with van der Waals surface area (Å²) in [4.78, 5) is 16.2. The molecule has 116 valence electrons. The van der Waals surface area contributed by atoms with Gasteiger partial charge < -0.3 is 10.1 Å². The molecule has 0 saturated heterocycles. The number of aromatic nitrogens is 3. The van der Waals surface area contributed by atoms with Gasteiger partial charge in [0.15, 0.2) is 0 Å². The van der Waals surface area contributed by atoms with Gasteiger partial charge in [-0.1, -0.05) is 18.2 Å². The zero-order chi connectivity index (χ0) is 16.1. The van der Waals surface area contributed by atoms with Crippen molar-refractivity contribution >= 4 is 11.6 Å². The topological polar surface area (TPSA) is 69.0 Å². The van der Waals surface area contributed by atoms with Crippen molar-refractivity contribution in [3.8, 4) is 5.75 Å². The fourth-order valence-corrected chi connectivity index (χ4v) is 2.17. The summed E-state index contributed by atoms with van der Waals surface area (Å²) in [5, 5.41) is 6.91. The van der Waals surface area contributed by atoms with Crippen molar-refractivity contribution in [1.82, 2.24) is 14.8 Å². The Morgan fingerprint density at radius 3 is 2.74 bits per heavy atom. The predicted molar refractivity (Wildman–Crippen MR) is 86.5 cm³/mol. The summed E-state index contributed by atoms with van der Waals surface area (Å²) in [5.74, 6) is 0.538. The molecular formula is C17H16N4O2. The zero-order valence-corrected chi connectivity index (χ0v) is 12.6. The summed E-state index contributed by atoms with van der Waals surface area (Å²) in [7, 11) is 1.59. The molecule has 23 heavy (non-hydrogen) atoms. The maximum absolute atomic E-state index is 12.3. The fourth-order valence-electron chi connectivity index (χ4n) is 2.17. The van der Waals surface area contributed by atoms with E-state index in [0.717, 1.165) is 5.56 Å². The van der Waals surface area contributed by atoms with Gasteiger partial charge in [0.2, 0.25) is 0 Å². The Bertz CT molecular complexity index is 783. The van der Waals surface area contributed by atoms with Crippen molar-refractivity contribution in [3.05, 3.63) is 72.3 Å². The van der Waals surface area contributed by atoms with Crippen LogP contribution in [0.1, 0.15) is 15.9 Å². The van der Waals surface area contributed by atoms with E-state index in [1.807, 2.05) is 30.3 Å². The zero-order valence-electron chi connectivity index (χ0n) is 12.6. The Balaban J connectivity index is 1.67. The molecule has 1 N–H and O–H groups in total. The van der Waals surface area contributed by atoms with Crippen LogP contribution < -0.4 is 10.1 Å². The van der Waals surface area contributed by atoms with E-state index >= 15 is 0 Å². The molecule has 0 bridgehead atoms. The number of amides is 1. The number of benzene rings is 2. The second-order valence-corrected chi connectivity index (χ2v) is 4.98. The van der Waals surface area contributed by atoms with Gasteiger partial charge in [0, 0.05) is 17.3 Å². The highest BCUT2D eigenvalue weighted by molar-refractivity contribution is 6.04. The average molecular weight is 308 g/mol. The monoisotopic (exact) mass is 308 g/mol. The molecule has 3 rings (SSSR count). The van der Waals surface area contributed by atoms with Gasteiger partial charge in [0.1, 0.15) is 18.4 Å². The van der Waals surface area contributed by atoms with Gasteiger partial charge in [-0.25, -0.2) is 9.67 Å². The predicted octanol–water partition coefficient (Wildman–Crippen LogP) is 2.59. The second kappa shape index (κ2) is 6.74. The summed E-state index contributed by atoms with van der Waals surface area (Å²) in [6.45, 7) is 0.623. The molecule has 2 aromatic carbocycles. The number of carbonyl (C=O) groups excluding carboxylic acids is 1. The van der Waals surface area contributed by atoms with Crippen LogP contribution >= 0.6 is 0 Å². The van der Waals surface area contributed by atoms with Crippen LogP contribution in [0.15, 0.2) is 61.2 Å². The van der Waals surface area contributed by atoms with E-state index in [2.05, 4.69) is 15.4 Å². The number of ether oxygens (including phenoxy) is 1. The van der Waals surface area contributed by atoms with Gasteiger partial charge >= 0.3 is 0 Å². The van der Waals surface area contributed by atoms with Crippen LogP contribution in [-0.4, -0.2) is 27.8 Å². The fraction of sp³-hybridized carbons (Fsp3) is 0.118. The third-order valence-electron chi connectivity index (χ3n) is 3.35. The second-order valence-electron chi connectivity index (χ2n) is 4.98. The molecule has 0 aliphatic rings. The lowest BCUT2D eigenvalue weighted by atomic mass is 10.1. The highest BCUT2D eigenvalue weighted by atomic mass is 16.5. The van der Waals surface area contributed by atoms with Gasteiger partial charge in [0.25, 0.3) is 5.91 Å². The molecule has 6 nitrogen and oxygen atoms in total. The number of nitrogens with one attached hydrogen (secondary N) is 1. The molecule has 0 aliphatic heterocycles. The summed E-state index contributed by atoms with van der Waals surface area (Å²) in [6, 6.07) is 14.6. The number of carbonyl (C=O) groups is 1. The normalized spacial score (nSPS) is 10.3. The Kier molecular flexibility index (Phi) is 4.33. The molecule has 0 fully saturated rings. The van der Waals surface area contributed by atoms with Crippen LogP contribution in [-0.2, 0) is 6.54 Å². The molecule has 0 radical (unpaired) electrons. The largest absolute Gasteiger partial charge is 0.497 e. The molecule has 3 aromatic rings. The van der Waals surface area contributed by atoms with Gasteiger partial charge in [0.05, 0.1) is 13.7 Å². The first-order valence-corrected chi connectivity index (χ1v) is 7.11. The lowest BCUT2D eigenvalue weighted by Crippen LogP contribution is -2.12. The Labute approximate surface area is 133 Å². The minimum absolute atomic E-state index is 0.162. The van der Waals surface area contributed by atoms with Gasteiger partial charge in [-0.2, -0.15) is 5.10 Å². The highest BCUT2D eigenvalue weighted by Gasteiger charge is 2.07. The molecule has 0 aliphatic carbocycles. The molecule has 6 heteroatoms. The quantitative estimate of drug-likeness (QED) is 0.786. The summed E-state index contributed by atoms with van der Waals surface area (Å²) >= 11 is 0. The molecule has 0 atom stereocenters. The minimum atomic E-state index is -0.162. The maximum Gasteiger partial charge on any atom is 0.255 e. The first-order chi connectivity index (χ1) is 11.2. The third-order valence-corrected chi connectivity index (χ3v) is 3.35. The van der Waals surface area contributed by atoms with Gasteiger partial charge in [-0.15, -0.1) is 0 Å². The molecule has 0 spiro atoms. The summed E-state index contributed by atoms with van der Waals surface area (Å²) in [5.41, 5.74) is 2.34. The summed E-state index contributed by atoms with van der Waals surface area (Å²) < 4.78 is 6.87. The van der Waals surface area contributed by atoms with Crippen LogP contribution in [0.3, 0.4) is 0 Å². The lowest BCUT2D eigenvalue weighted by Gasteiger charge is -2.08. The Morgan fingerprint density at radius 2 is 2.04 bits per heavy atom. The van der Waals surface area contributed by atoms with E-state index in [4.69, 9.17) is 4.74 Å².